The zero-order valence-electron chi connectivity index (χ0n) is 17.9. The zero-order valence-corrected chi connectivity index (χ0v) is 18.6. The molecule has 10 heteroatoms. The lowest BCUT2D eigenvalue weighted by Gasteiger charge is -2.34. The number of piperazine rings is 1. The first-order valence-corrected chi connectivity index (χ1v) is 10.6. The number of hydrogen-bond acceptors (Lipinski definition) is 7. The number of halogens is 1. The molecular formula is C22H23ClN6O3. The van der Waals surface area contributed by atoms with Crippen molar-refractivity contribution < 1.29 is 14.3 Å². The van der Waals surface area contributed by atoms with Gasteiger partial charge in [0.2, 0.25) is 5.95 Å². The van der Waals surface area contributed by atoms with Crippen molar-refractivity contribution in [3.63, 3.8) is 0 Å². The predicted molar refractivity (Wildman–Crippen MR) is 119 cm³/mol. The fourth-order valence-electron chi connectivity index (χ4n) is 3.53. The summed E-state index contributed by atoms with van der Waals surface area (Å²) in [5.74, 6) is -0.120. The summed E-state index contributed by atoms with van der Waals surface area (Å²) in [6, 6.07) is 8.58. The van der Waals surface area contributed by atoms with Crippen molar-refractivity contribution in [3.05, 3.63) is 64.7 Å². The number of esters is 1. The third-order valence-corrected chi connectivity index (χ3v) is 5.89. The summed E-state index contributed by atoms with van der Waals surface area (Å²) in [4.78, 5) is 37.0. The van der Waals surface area contributed by atoms with Crippen LogP contribution >= 0.6 is 11.6 Å². The summed E-state index contributed by atoms with van der Waals surface area (Å²) in [5.41, 5.74) is 2.71. The second-order valence-electron chi connectivity index (χ2n) is 7.44. The van der Waals surface area contributed by atoms with E-state index in [1.165, 1.54) is 0 Å². The van der Waals surface area contributed by atoms with Gasteiger partial charge in [0.25, 0.3) is 5.91 Å². The molecule has 3 heterocycles. The highest BCUT2D eigenvalue weighted by Gasteiger charge is 2.23. The predicted octanol–water partition coefficient (Wildman–Crippen LogP) is 2.44. The highest BCUT2D eigenvalue weighted by atomic mass is 35.5. The van der Waals surface area contributed by atoms with E-state index >= 15 is 0 Å². The van der Waals surface area contributed by atoms with Gasteiger partial charge in [0.15, 0.2) is 6.61 Å². The topological polar surface area (TPSA) is 93.5 Å². The molecule has 0 aliphatic carbocycles. The van der Waals surface area contributed by atoms with E-state index in [1.807, 2.05) is 18.7 Å². The summed E-state index contributed by atoms with van der Waals surface area (Å²) < 4.78 is 6.95. The largest absolute Gasteiger partial charge is 0.452 e. The number of aryl methyl sites for hydroxylation is 1. The number of ether oxygens (including phenoxy) is 1. The van der Waals surface area contributed by atoms with Crippen molar-refractivity contribution in [3.8, 4) is 5.69 Å². The highest BCUT2D eigenvalue weighted by Crippen LogP contribution is 2.22. The summed E-state index contributed by atoms with van der Waals surface area (Å²) in [7, 11) is 0. The Bertz CT molecular complexity index is 1110. The van der Waals surface area contributed by atoms with E-state index in [1.54, 1.807) is 52.3 Å². The number of carbonyl (C=O) groups is 2. The number of amides is 1. The normalized spacial score (nSPS) is 13.8. The zero-order chi connectivity index (χ0) is 22.7. The van der Waals surface area contributed by atoms with Gasteiger partial charge in [-0.25, -0.2) is 19.4 Å². The minimum atomic E-state index is -0.548. The molecule has 4 rings (SSSR count). The molecule has 1 aliphatic rings. The van der Waals surface area contributed by atoms with Gasteiger partial charge in [-0.1, -0.05) is 11.6 Å². The minimum Gasteiger partial charge on any atom is -0.452 e. The number of anilines is 1. The molecule has 1 aliphatic heterocycles. The van der Waals surface area contributed by atoms with Crippen LogP contribution in [-0.4, -0.2) is 69.3 Å². The summed E-state index contributed by atoms with van der Waals surface area (Å²) in [6.07, 6.45) is 3.39. The van der Waals surface area contributed by atoms with E-state index in [0.29, 0.717) is 42.7 Å². The lowest BCUT2D eigenvalue weighted by Crippen LogP contribution is -2.50. The van der Waals surface area contributed by atoms with Crippen LogP contribution in [0.25, 0.3) is 5.69 Å². The molecule has 32 heavy (non-hydrogen) atoms. The molecule has 1 aromatic carbocycles. The molecule has 0 unspecified atom stereocenters. The monoisotopic (exact) mass is 454 g/mol. The number of rotatable bonds is 5. The Balaban J connectivity index is 1.29. The molecule has 166 valence electrons. The van der Waals surface area contributed by atoms with Gasteiger partial charge < -0.3 is 14.5 Å². The molecule has 3 aromatic rings. The van der Waals surface area contributed by atoms with Crippen LogP contribution in [0.3, 0.4) is 0 Å². The Hall–Kier alpha value is -3.46. The Kier molecular flexibility index (Phi) is 6.36. The van der Waals surface area contributed by atoms with Crippen LogP contribution < -0.4 is 4.90 Å². The number of hydrogen-bond donors (Lipinski definition) is 0. The first-order chi connectivity index (χ1) is 15.4. The van der Waals surface area contributed by atoms with Gasteiger partial charge in [0.1, 0.15) is 0 Å². The Morgan fingerprint density at radius 1 is 1.03 bits per heavy atom. The van der Waals surface area contributed by atoms with Gasteiger partial charge in [0, 0.05) is 38.6 Å². The van der Waals surface area contributed by atoms with Crippen molar-refractivity contribution in [1.29, 1.82) is 0 Å². The summed E-state index contributed by atoms with van der Waals surface area (Å²) in [5, 5.41) is 5.01. The molecule has 0 saturated carbocycles. The second kappa shape index (κ2) is 9.35. The van der Waals surface area contributed by atoms with Gasteiger partial charge >= 0.3 is 5.97 Å². The van der Waals surface area contributed by atoms with Crippen molar-refractivity contribution in [2.24, 2.45) is 0 Å². The molecule has 0 atom stereocenters. The molecule has 1 saturated heterocycles. The van der Waals surface area contributed by atoms with E-state index < -0.39 is 5.97 Å². The van der Waals surface area contributed by atoms with Gasteiger partial charge in [-0.05, 0) is 44.2 Å². The number of carbonyl (C=O) groups excluding carboxylic acids is 2. The molecule has 0 N–H and O–H groups in total. The van der Waals surface area contributed by atoms with Gasteiger partial charge in [-0.2, -0.15) is 5.10 Å². The quantitative estimate of drug-likeness (QED) is 0.546. The molecule has 2 aromatic heterocycles. The SMILES string of the molecule is Cc1nn(-c2ccc(C(=O)OCC(=O)N3CCN(c4ncccn4)CC3)cc2)c(C)c1Cl. The van der Waals surface area contributed by atoms with Crippen molar-refractivity contribution >= 4 is 29.4 Å². The number of aromatic nitrogens is 4. The molecule has 0 radical (unpaired) electrons. The molecule has 1 amide bonds. The first kappa shape index (κ1) is 21.8. The van der Waals surface area contributed by atoms with E-state index in [4.69, 9.17) is 16.3 Å². The Labute approximate surface area is 190 Å². The third kappa shape index (κ3) is 4.57. The van der Waals surface area contributed by atoms with Crippen LogP contribution in [0.5, 0.6) is 0 Å². The maximum atomic E-state index is 12.5. The molecule has 9 nitrogen and oxygen atoms in total. The Morgan fingerprint density at radius 3 is 2.28 bits per heavy atom. The maximum Gasteiger partial charge on any atom is 0.338 e. The van der Waals surface area contributed by atoms with E-state index in [-0.39, 0.29) is 12.5 Å². The summed E-state index contributed by atoms with van der Waals surface area (Å²) >= 11 is 6.20. The standard InChI is InChI=1S/C22H23ClN6O3/c1-15-20(23)16(2)29(26-15)18-6-4-17(5-7-18)21(31)32-14-19(30)27-10-12-28(13-11-27)22-24-8-3-9-25-22/h3-9H,10-14H2,1-2H3. The van der Waals surface area contributed by atoms with Crippen LogP contribution in [0.1, 0.15) is 21.7 Å². The van der Waals surface area contributed by atoms with Gasteiger partial charge in [0.05, 0.1) is 27.7 Å². The van der Waals surface area contributed by atoms with E-state index in [9.17, 15) is 9.59 Å². The first-order valence-electron chi connectivity index (χ1n) is 10.2. The average molecular weight is 455 g/mol. The molecule has 1 fully saturated rings. The van der Waals surface area contributed by atoms with Gasteiger partial charge in [-0.3, -0.25) is 4.79 Å². The fourth-order valence-corrected chi connectivity index (χ4v) is 3.64. The Morgan fingerprint density at radius 2 is 1.69 bits per heavy atom. The maximum absolute atomic E-state index is 12.5. The third-order valence-electron chi connectivity index (χ3n) is 5.34. The fraction of sp³-hybridized carbons (Fsp3) is 0.318. The average Bonchev–Trinajstić information content (AvgIpc) is 3.10. The molecule has 0 bridgehead atoms. The second-order valence-corrected chi connectivity index (χ2v) is 7.81. The molecule has 0 spiro atoms. The van der Waals surface area contributed by atoms with Gasteiger partial charge in [-0.15, -0.1) is 0 Å². The van der Waals surface area contributed by atoms with Crippen LogP contribution in [-0.2, 0) is 9.53 Å². The lowest BCUT2D eigenvalue weighted by molar-refractivity contribution is -0.134. The van der Waals surface area contributed by atoms with E-state index in [2.05, 4.69) is 15.1 Å². The van der Waals surface area contributed by atoms with E-state index in [0.717, 1.165) is 17.1 Å². The van der Waals surface area contributed by atoms with Crippen molar-refractivity contribution in [2.75, 3.05) is 37.7 Å². The summed E-state index contributed by atoms with van der Waals surface area (Å²) in [6.45, 7) is 5.72. The lowest BCUT2D eigenvalue weighted by atomic mass is 10.2. The van der Waals surface area contributed by atoms with Crippen LogP contribution in [0.2, 0.25) is 5.02 Å². The van der Waals surface area contributed by atoms with Crippen LogP contribution in [0, 0.1) is 13.8 Å². The van der Waals surface area contributed by atoms with Crippen LogP contribution in [0.4, 0.5) is 5.95 Å². The van der Waals surface area contributed by atoms with Crippen molar-refractivity contribution in [1.82, 2.24) is 24.6 Å². The number of benzene rings is 1. The molecular weight excluding hydrogens is 432 g/mol. The number of nitrogens with zero attached hydrogens (tertiary/aromatic N) is 6. The highest BCUT2D eigenvalue weighted by molar-refractivity contribution is 6.31. The van der Waals surface area contributed by atoms with Crippen LogP contribution in [0.15, 0.2) is 42.7 Å². The minimum absolute atomic E-state index is 0.221. The van der Waals surface area contributed by atoms with Crippen molar-refractivity contribution in [2.45, 2.75) is 13.8 Å². The smallest absolute Gasteiger partial charge is 0.338 e.